The van der Waals surface area contributed by atoms with Crippen molar-refractivity contribution in [2.75, 3.05) is 18.5 Å². The van der Waals surface area contributed by atoms with Crippen molar-refractivity contribution in [3.8, 4) is 0 Å². The van der Waals surface area contributed by atoms with Gasteiger partial charge < -0.3 is 15.8 Å². The van der Waals surface area contributed by atoms with Crippen LogP contribution in [0.2, 0.25) is 0 Å². The molecule has 1 aromatic rings. The molecule has 0 unspecified atom stereocenters. The van der Waals surface area contributed by atoms with Gasteiger partial charge in [-0.05, 0) is 25.8 Å². The second kappa shape index (κ2) is 5.14. The zero-order chi connectivity index (χ0) is 12.3. The molecule has 17 heavy (non-hydrogen) atoms. The molecule has 0 aromatic carbocycles. The van der Waals surface area contributed by atoms with Crippen molar-refractivity contribution in [3.63, 3.8) is 0 Å². The fraction of sp³-hybridized carbons (Fsp3) is 0.500. The van der Waals surface area contributed by atoms with Crippen LogP contribution in [-0.2, 0) is 4.74 Å². The van der Waals surface area contributed by atoms with Crippen LogP contribution in [0.1, 0.15) is 28.9 Å². The molecule has 1 fully saturated rings. The van der Waals surface area contributed by atoms with Crippen molar-refractivity contribution in [1.29, 1.82) is 0 Å². The van der Waals surface area contributed by atoms with E-state index in [1.165, 1.54) is 6.20 Å². The Balaban J connectivity index is 2.17. The van der Waals surface area contributed by atoms with Gasteiger partial charge in [0.1, 0.15) is 0 Å². The van der Waals surface area contributed by atoms with Crippen molar-refractivity contribution >= 4 is 11.6 Å². The van der Waals surface area contributed by atoms with E-state index in [1.54, 1.807) is 0 Å². The van der Waals surface area contributed by atoms with Crippen LogP contribution in [0.15, 0.2) is 12.3 Å². The highest BCUT2D eigenvalue weighted by atomic mass is 16.5. The minimum atomic E-state index is -0.452. The SMILES string of the molecule is Cc1cc(NC2CCOCC2)c(C(N)=O)cn1. The number of hydrogen-bond donors (Lipinski definition) is 2. The van der Waals surface area contributed by atoms with Crippen molar-refractivity contribution in [2.24, 2.45) is 5.73 Å². The van der Waals surface area contributed by atoms with E-state index in [-0.39, 0.29) is 0 Å². The number of ether oxygens (including phenoxy) is 1. The lowest BCUT2D eigenvalue weighted by Crippen LogP contribution is -2.29. The lowest BCUT2D eigenvalue weighted by Gasteiger charge is -2.25. The predicted octanol–water partition coefficient (Wildman–Crippen LogP) is 1.08. The summed E-state index contributed by atoms with van der Waals surface area (Å²) in [5.41, 5.74) is 7.41. The van der Waals surface area contributed by atoms with E-state index < -0.39 is 5.91 Å². The maximum atomic E-state index is 11.3. The summed E-state index contributed by atoms with van der Waals surface area (Å²) in [6.45, 7) is 3.40. The maximum absolute atomic E-state index is 11.3. The van der Waals surface area contributed by atoms with Crippen LogP contribution < -0.4 is 11.1 Å². The van der Waals surface area contributed by atoms with Crippen LogP contribution in [0.25, 0.3) is 0 Å². The second-order valence-corrected chi connectivity index (χ2v) is 4.27. The number of nitrogens with zero attached hydrogens (tertiary/aromatic N) is 1. The summed E-state index contributed by atoms with van der Waals surface area (Å²) in [5, 5.41) is 3.35. The molecule has 5 nitrogen and oxygen atoms in total. The molecule has 5 heteroatoms. The summed E-state index contributed by atoms with van der Waals surface area (Å²) in [6.07, 6.45) is 3.42. The van der Waals surface area contributed by atoms with Gasteiger partial charge >= 0.3 is 0 Å². The molecule has 1 amide bonds. The van der Waals surface area contributed by atoms with Gasteiger partial charge in [-0.2, -0.15) is 0 Å². The molecule has 1 saturated heterocycles. The number of aromatic nitrogens is 1. The summed E-state index contributed by atoms with van der Waals surface area (Å²) >= 11 is 0. The predicted molar refractivity (Wildman–Crippen MR) is 65.0 cm³/mol. The highest BCUT2D eigenvalue weighted by Gasteiger charge is 2.16. The van der Waals surface area contributed by atoms with Crippen molar-refractivity contribution < 1.29 is 9.53 Å². The Morgan fingerprint density at radius 3 is 2.88 bits per heavy atom. The number of nitrogens with one attached hydrogen (secondary N) is 1. The molecule has 2 rings (SSSR count). The second-order valence-electron chi connectivity index (χ2n) is 4.27. The Hall–Kier alpha value is -1.62. The van der Waals surface area contributed by atoms with Gasteiger partial charge in [-0.15, -0.1) is 0 Å². The first-order chi connectivity index (χ1) is 8.16. The summed E-state index contributed by atoms with van der Waals surface area (Å²) in [4.78, 5) is 15.4. The van der Waals surface area contributed by atoms with Crippen LogP contribution in [0.5, 0.6) is 0 Å². The van der Waals surface area contributed by atoms with Crippen molar-refractivity contribution in [2.45, 2.75) is 25.8 Å². The van der Waals surface area contributed by atoms with Crippen LogP contribution in [-0.4, -0.2) is 30.1 Å². The number of amides is 1. The Bertz CT molecular complexity index is 414. The smallest absolute Gasteiger partial charge is 0.252 e. The highest BCUT2D eigenvalue weighted by molar-refractivity contribution is 5.98. The first-order valence-electron chi connectivity index (χ1n) is 5.77. The Kier molecular flexibility index (Phi) is 3.58. The van der Waals surface area contributed by atoms with Crippen molar-refractivity contribution in [1.82, 2.24) is 4.98 Å². The molecule has 1 aromatic heterocycles. The van der Waals surface area contributed by atoms with Gasteiger partial charge in [-0.3, -0.25) is 9.78 Å². The van der Waals surface area contributed by atoms with E-state index in [1.807, 2.05) is 13.0 Å². The molecule has 0 aliphatic carbocycles. The normalized spacial score (nSPS) is 16.8. The number of rotatable bonds is 3. The molecule has 1 aliphatic heterocycles. The van der Waals surface area contributed by atoms with E-state index in [0.29, 0.717) is 11.6 Å². The summed E-state index contributed by atoms with van der Waals surface area (Å²) in [7, 11) is 0. The molecule has 92 valence electrons. The largest absolute Gasteiger partial charge is 0.381 e. The van der Waals surface area contributed by atoms with E-state index in [9.17, 15) is 4.79 Å². The molecule has 1 aliphatic rings. The van der Waals surface area contributed by atoms with Gasteiger partial charge in [0.2, 0.25) is 0 Å². The van der Waals surface area contributed by atoms with E-state index >= 15 is 0 Å². The highest BCUT2D eigenvalue weighted by Crippen LogP contribution is 2.19. The Morgan fingerprint density at radius 2 is 2.24 bits per heavy atom. The quantitative estimate of drug-likeness (QED) is 0.821. The lowest BCUT2D eigenvalue weighted by molar-refractivity contribution is 0.0904. The third-order valence-electron chi connectivity index (χ3n) is 2.89. The zero-order valence-electron chi connectivity index (χ0n) is 9.90. The average molecular weight is 235 g/mol. The van der Waals surface area contributed by atoms with Gasteiger partial charge in [0.25, 0.3) is 5.91 Å². The lowest BCUT2D eigenvalue weighted by atomic mass is 10.1. The third-order valence-corrected chi connectivity index (χ3v) is 2.89. The number of pyridine rings is 1. The van der Waals surface area contributed by atoms with Crippen molar-refractivity contribution in [3.05, 3.63) is 23.5 Å². The maximum Gasteiger partial charge on any atom is 0.252 e. The van der Waals surface area contributed by atoms with Gasteiger partial charge in [0.15, 0.2) is 0 Å². The van der Waals surface area contributed by atoms with Gasteiger partial charge in [0.05, 0.1) is 11.3 Å². The molecule has 0 bridgehead atoms. The first-order valence-corrected chi connectivity index (χ1v) is 5.77. The van der Waals surface area contributed by atoms with Crippen LogP contribution >= 0.6 is 0 Å². The fourth-order valence-corrected chi connectivity index (χ4v) is 1.94. The number of nitrogens with two attached hydrogens (primary N) is 1. The van der Waals surface area contributed by atoms with E-state index in [2.05, 4.69) is 10.3 Å². The van der Waals surface area contributed by atoms with Gasteiger partial charge in [-0.25, -0.2) is 0 Å². The number of aryl methyl sites for hydroxylation is 1. The summed E-state index contributed by atoms with van der Waals surface area (Å²) in [5.74, 6) is -0.452. The van der Waals surface area contributed by atoms with E-state index in [4.69, 9.17) is 10.5 Å². The van der Waals surface area contributed by atoms with Crippen LogP contribution in [0.4, 0.5) is 5.69 Å². The number of carbonyl (C=O) groups is 1. The van der Waals surface area contributed by atoms with Crippen LogP contribution in [0.3, 0.4) is 0 Å². The molecule has 0 saturated carbocycles. The molecule has 0 atom stereocenters. The number of carbonyl (C=O) groups excluding carboxylic acids is 1. The topological polar surface area (TPSA) is 77.2 Å². The molecular formula is C12H17N3O2. The standard InChI is InChI=1S/C12H17N3O2/c1-8-6-11(10(7-14-8)12(13)16)15-9-2-4-17-5-3-9/h6-7,9H,2-5H2,1H3,(H2,13,16)(H,14,15). The summed E-state index contributed by atoms with van der Waals surface area (Å²) < 4.78 is 5.29. The number of primary amides is 1. The Labute approximate surface area is 100 Å². The Morgan fingerprint density at radius 1 is 1.53 bits per heavy atom. The third kappa shape index (κ3) is 2.94. The molecule has 0 spiro atoms. The number of hydrogen-bond acceptors (Lipinski definition) is 4. The minimum Gasteiger partial charge on any atom is -0.381 e. The molecular weight excluding hydrogens is 218 g/mol. The minimum absolute atomic E-state index is 0.337. The number of anilines is 1. The molecule has 2 heterocycles. The molecule has 0 radical (unpaired) electrons. The summed E-state index contributed by atoms with van der Waals surface area (Å²) in [6, 6.07) is 2.19. The average Bonchev–Trinajstić information content (AvgIpc) is 2.30. The first kappa shape index (κ1) is 11.9. The monoisotopic (exact) mass is 235 g/mol. The van der Waals surface area contributed by atoms with Crippen LogP contribution in [0, 0.1) is 6.92 Å². The fourth-order valence-electron chi connectivity index (χ4n) is 1.94. The molecule has 3 N–H and O–H groups in total. The zero-order valence-corrected chi connectivity index (χ0v) is 9.90. The van der Waals surface area contributed by atoms with Gasteiger partial charge in [0, 0.05) is 31.1 Å². The van der Waals surface area contributed by atoms with E-state index in [0.717, 1.165) is 37.4 Å². The van der Waals surface area contributed by atoms with Gasteiger partial charge in [-0.1, -0.05) is 0 Å².